The molecule has 0 atom stereocenters. The van der Waals surface area contributed by atoms with Crippen LogP contribution in [0.25, 0.3) is 21.7 Å². The van der Waals surface area contributed by atoms with Gasteiger partial charge in [-0.1, -0.05) is 66.2 Å². The van der Waals surface area contributed by atoms with Gasteiger partial charge in [0.25, 0.3) is 0 Å². The molecule has 4 aromatic rings. The van der Waals surface area contributed by atoms with Crippen molar-refractivity contribution in [1.82, 2.24) is 5.43 Å². The fraction of sp³-hybridized carbons (Fsp3) is 0.0435. The van der Waals surface area contributed by atoms with Crippen molar-refractivity contribution in [3.63, 3.8) is 0 Å². The number of nitrogens with one attached hydrogen (secondary N) is 1. The summed E-state index contributed by atoms with van der Waals surface area (Å²) in [7, 11) is 0. The molecule has 5 nitrogen and oxygen atoms in total. The van der Waals surface area contributed by atoms with Crippen LogP contribution in [0.4, 0.5) is 0 Å². The van der Waals surface area contributed by atoms with E-state index in [0.29, 0.717) is 26.9 Å². The smallest absolute Gasteiger partial charge is 0.307 e. The van der Waals surface area contributed by atoms with Crippen molar-refractivity contribution in [2.45, 2.75) is 0 Å². The summed E-state index contributed by atoms with van der Waals surface area (Å²) in [6.07, 6.45) is 3.03. The Morgan fingerprint density at radius 3 is 2.63 bits per heavy atom. The first-order valence-electron chi connectivity index (χ1n) is 9.04. The second-order valence-corrected chi connectivity index (χ2v) is 7.24. The zero-order chi connectivity index (χ0) is 21.1. The van der Waals surface area contributed by atoms with E-state index in [9.17, 15) is 4.79 Å². The largest absolute Gasteiger partial charge is 0.486 e. The minimum absolute atomic E-state index is 0.169. The molecule has 3 aromatic carbocycles. The Balaban J connectivity index is 1.51. The number of hydrogen-bond donors (Lipinski definition) is 1. The molecule has 30 heavy (non-hydrogen) atoms. The monoisotopic (exact) mass is 438 g/mol. The van der Waals surface area contributed by atoms with E-state index in [0.717, 1.165) is 16.2 Å². The number of furan rings is 1. The molecule has 1 heterocycles. The van der Waals surface area contributed by atoms with Crippen molar-refractivity contribution >= 4 is 57.1 Å². The van der Waals surface area contributed by atoms with Gasteiger partial charge in [0.2, 0.25) is 0 Å². The normalized spacial score (nSPS) is 11.3. The topological polar surface area (TPSA) is 63.8 Å². The average Bonchev–Trinajstić information content (AvgIpc) is 3.18. The number of carbonyl (C=O) groups is 1. The van der Waals surface area contributed by atoms with Gasteiger partial charge in [-0.05, 0) is 40.6 Å². The summed E-state index contributed by atoms with van der Waals surface area (Å²) in [5.41, 5.74) is 3.69. The van der Waals surface area contributed by atoms with Gasteiger partial charge in [-0.15, -0.1) is 0 Å². The average molecular weight is 439 g/mol. The van der Waals surface area contributed by atoms with Crippen LogP contribution in [0, 0.1) is 0 Å². The number of ether oxygens (including phenoxy) is 1. The van der Waals surface area contributed by atoms with Crippen LogP contribution in [0.15, 0.2) is 76.8 Å². The zero-order valence-corrected chi connectivity index (χ0v) is 17.2. The third-order valence-electron chi connectivity index (χ3n) is 4.40. The van der Waals surface area contributed by atoms with Crippen LogP contribution in [-0.2, 0) is 0 Å². The number of nitrogens with zero attached hydrogens (tertiary/aromatic N) is 1. The maximum Gasteiger partial charge on any atom is 0.307 e. The lowest BCUT2D eigenvalue weighted by molar-refractivity contribution is 0.0929. The summed E-state index contributed by atoms with van der Waals surface area (Å²) in [5.74, 6) is 0.0753. The number of carbonyl (C=O) groups excluding carboxylic acids is 1. The molecule has 1 N–H and O–H groups in total. The zero-order valence-electron chi connectivity index (χ0n) is 15.7. The molecule has 1 amide bonds. The van der Waals surface area contributed by atoms with Crippen LogP contribution in [0.3, 0.4) is 0 Å². The fourth-order valence-corrected chi connectivity index (χ4v) is 3.67. The number of halogens is 2. The lowest BCUT2D eigenvalue weighted by atomic mass is 10.1. The van der Waals surface area contributed by atoms with Gasteiger partial charge in [-0.2, -0.15) is 5.10 Å². The molecule has 150 valence electrons. The maximum absolute atomic E-state index is 12.4. The van der Waals surface area contributed by atoms with Gasteiger partial charge in [0.15, 0.2) is 11.5 Å². The van der Waals surface area contributed by atoms with Gasteiger partial charge < -0.3 is 9.15 Å². The highest BCUT2D eigenvalue weighted by Gasteiger charge is 2.13. The summed E-state index contributed by atoms with van der Waals surface area (Å²) in [5, 5.41) is 7.60. The third-order valence-corrected chi connectivity index (χ3v) is 4.96. The Kier molecular flexibility index (Phi) is 5.74. The van der Waals surface area contributed by atoms with Crippen molar-refractivity contribution in [3.05, 3.63) is 88.6 Å². The highest BCUT2D eigenvalue weighted by atomic mass is 35.5. The Bertz CT molecular complexity index is 1270. The van der Waals surface area contributed by atoms with Gasteiger partial charge in [0, 0.05) is 5.39 Å². The second kappa shape index (κ2) is 8.61. The minimum Gasteiger partial charge on any atom is -0.486 e. The fourth-order valence-electron chi connectivity index (χ4n) is 3.06. The molecule has 0 aliphatic rings. The van der Waals surface area contributed by atoms with Gasteiger partial charge in [-0.3, -0.25) is 4.79 Å². The molecule has 1 aromatic heterocycles. The first kappa shape index (κ1) is 20.0. The number of hydrazone groups is 1. The Labute approximate surface area is 182 Å². The van der Waals surface area contributed by atoms with E-state index < -0.39 is 5.91 Å². The molecule has 0 fully saturated rings. The van der Waals surface area contributed by atoms with E-state index in [1.54, 1.807) is 24.3 Å². The van der Waals surface area contributed by atoms with E-state index >= 15 is 0 Å². The van der Waals surface area contributed by atoms with Crippen LogP contribution < -0.4 is 10.2 Å². The standard InChI is InChI=1S/C23H16Cl2N2O3/c1-2-9-29-22-18(24)10-14(11-19(22)25)13-26-27-23(28)21-12-17-16-6-4-3-5-15(16)7-8-20(17)30-21/h2-8,10-13H,1,9H2,(H,27,28)/b26-13+. The van der Waals surface area contributed by atoms with Crippen molar-refractivity contribution in [2.75, 3.05) is 6.61 Å². The van der Waals surface area contributed by atoms with Crippen LogP contribution in [0.2, 0.25) is 10.0 Å². The summed E-state index contributed by atoms with van der Waals surface area (Å²) >= 11 is 12.4. The Hall–Kier alpha value is -3.28. The molecule has 0 radical (unpaired) electrons. The molecule has 7 heteroatoms. The van der Waals surface area contributed by atoms with Crippen molar-refractivity contribution < 1.29 is 13.9 Å². The highest BCUT2D eigenvalue weighted by Crippen LogP contribution is 2.34. The Morgan fingerprint density at radius 1 is 1.10 bits per heavy atom. The SMILES string of the molecule is C=CCOc1c(Cl)cc(/C=N/NC(=O)c2cc3c(ccc4ccccc43)o2)cc1Cl. The van der Waals surface area contributed by atoms with Crippen LogP contribution in [0.1, 0.15) is 16.1 Å². The van der Waals surface area contributed by atoms with Gasteiger partial charge in [0.05, 0.1) is 16.3 Å². The van der Waals surface area contributed by atoms with E-state index in [4.69, 9.17) is 32.4 Å². The van der Waals surface area contributed by atoms with E-state index in [1.807, 2.05) is 36.4 Å². The number of amides is 1. The molecule has 0 bridgehead atoms. The molecule has 0 saturated heterocycles. The van der Waals surface area contributed by atoms with E-state index in [1.165, 1.54) is 6.21 Å². The third kappa shape index (κ3) is 4.03. The minimum atomic E-state index is -0.463. The molecule has 0 unspecified atom stereocenters. The first-order chi connectivity index (χ1) is 14.6. The van der Waals surface area contributed by atoms with Crippen LogP contribution in [-0.4, -0.2) is 18.7 Å². The molecule has 0 aliphatic heterocycles. The molecule has 4 rings (SSSR count). The number of fused-ring (bicyclic) bond motifs is 3. The molecular formula is C23H16Cl2N2O3. The summed E-state index contributed by atoms with van der Waals surface area (Å²) < 4.78 is 11.1. The summed E-state index contributed by atoms with van der Waals surface area (Å²) in [4.78, 5) is 12.4. The molecule has 0 saturated carbocycles. The molecule has 0 aliphatic carbocycles. The lowest BCUT2D eigenvalue weighted by Gasteiger charge is -2.08. The van der Waals surface area contributed by atoms with Gasteiger partial charge in [-0.25, -0.2) is 5.43 Å². The molecular weight excluding hydrogens is 423 g/mol. The van der Waals surface area contributed by atoms with Crippen LogP contribution in [0.5, 0.6) is 5.75 Å². The highest BCUT2D eigenvalue weighted by molar-refractivity contribution is 6.37. The van der Waals surface area contributed by atoms with E-state index in [-0.39, 0.29) is 12.4 Å². The number of rotatable bonds is 6. The maximum atomic E-state index is 12.4. The Morgan fingerprint density at radius 2 is 1.87 bits per heavy atom. The van der Waals surface area contributed by atoms with E-state index in [2.05, 4.69) is 17.1 Å². The van der Waals surface area contributed by atoms with Crippen molar-refractivity contribution in [3.8, 4) is 5.75 Å². The summed E-state index contributed by atoms with van der Waals surface area (Å²) in [6, 6.07) is 16.7. The quantitative estimate of drug-likeness (QED) is 0.220. The predicted octanol–water partition coefficient (Wildman–Crippen LogP) is 6.22. The predicted molar refractivity (Wildman–Crippen MR) is 121 cm³/mol. The molecule has 0 spiro atoms. The second-order valence-electron chi connectivity index (χ2n) is 6.42. The van der Waals surface area contributed by atoms with Gasteiger partial charge >= 0.3 is 5.91 Å². The lowest BCUT2D eigenvalue weighted by Crippen LogP contribution is -2.16. The number of benzene rings is 3. The van der Waals surface area contributed by atoms with Crippen LogP contribution >= 0.6 is 23.2 Å². The van der Waals surface area contributed by atoms with Gasteiger partial charge in [0.1, 0.15) is 12.2 Å². The summed E-state index contributed by atoms with van der Waals surface area (Å²) in [6.45, 7) is 3.87. The van der Waals surface area contributed by atoms with Crippen molar-refractivity contribution in [2.24, 2.45) is 5.10 Å². The van der Waals surface area contributed by atoms with Crippen molar-refractivity contribution in [1.29, 1.82) is 0 Å². The number of hydrogen-bond acceptors (Lipinski definition) is 4. The first-order valence-corrected chi connectivity index (χ1v) is 9.80.